The SMILES string of the molecule is CCCCNC(=O)O[C@H]1CCCN(C)[C@H]2c3ccc(OC)c(c3C2C)OCC1. The third kappa shape index (κ3) is 4.37. The van der Waals surface area contributed by atoms with Gasteiger partial charge in [-0.25, -0.2) is 4.79 Å². The summed E-state index contributed by atoms with van der Waals surface area (Å²) in [4.78, 5) is 14.5. The molecule has 4 rings (SSSR count). The highest BCUT2D eigenvalue weighted by atomic mass is 16.6. The lowest BCUT2D eigenvalue weighted by molar-refractivity contribution is 0.0701. The van der Waals surface area contributed by atoms with Crippen molar-refractivity contribution in [2.24, 2.45) is 0 Å². The van der Waals surface area contributed by atoms with Crippen molar-refractivity contribution in [1.82, 2.24) is 10.2 Å². The number of fused-ring (bicyclic) bond motifs is 7. The van der Waals surface area contributed by atoms with Crippen LogP contribution in [0.5, 0.6) is 11.5 Å². The maximum absolute atomic E-state index is 12.1. The van der Waals surface area contributed by atoms with Crippen molar-refractivity contribution < 1.29 is 19.0 Å². The number of benzene rings is 1. The van der Waals surface area contributed by atoms with Crippen molar-refractivity contribution in [3.05, 3.63) is 23.3 Å². The summed E-state index contributed by atoms with van der Waals surface area (Å²) >= 11 is 0. The number of unbranched alkanes of at least 4 members (excludes halogenated alkanes) is 1. The van der Waals surface area contributed by atoms with E-state index in [1.165, 1.54) is 11.1 Å². The van der Waals surface area contributed by atoms with Gasteiger partial charge in [0, 0.05) is 30.5 Å². The van der Waals surface area contributed by atoms with Crippen molar-refractivity contribution in [3.8, 4) is 11.5 Å². The molecule has 6 heteroatoms. The molecule has 1 N–H and O–H groups in total. The van der Waals surface area contributed by atoms with Crippen LogP contribution in [0.15, 0.2) is 12.1 Å². The van der Waals surface area contributed by atoms with Crippen LogP contribution in [0.25, 0.3) is 0 Å². The van der Waals surface area contributed by atoms with E-state index in [1.807, 2.05) is 6.07 Å². The first-order valence-electron chi connectivity index (χ1n) is 10.5. The molecule has 1 unspecified atom stereocenters. The van der Waals surface area contributed by atoms with Crippen LogP contribution in [0, 0.1) is 0 Å². The first-order chi connectivity index (χ1) is 13.6. The van der Waals surface area contributed by atoms with Crippen LogP contribution >= 0.6 is 0 Å². The van der Waals surface area contributed by atoms with Gasteiger partial charge in [0.1, 0.15) is 6.10 Å². The molecule has 2 aliphatic heterocycles. The number of hydrogen-bond donors (Lipinski definition) is 1. The van der Waals surface area contributed by atoms with Gasteiger partial charge < -0.3 is 19.5 Å². The van der Waals surface area contributed by atoms with Gasteiger partial charge >= 0.3 is 6.09 Å². The second kappa shape index (κ2) is 9.50. The summed E-state index contributed by atoms with van der Waals surface area (Å²) in [6.45, 7) is 6.51. The third-order valence-corrected chi connectivity index (χ3v) is 5.93. The summed E-state index contributed by atoms with van der Waals surface area (Å²) in [6, 6.07) is 4.57. The number of alkyl carbamates (subject to hydrolysis) is 1. The Labute approximate surface area is 168 Å². The van der Waals surface area contributed by atoms with Crippen LogP contribution in [-0.4, -0.2) is 51.0 Å². The second-order valence-electron chi connectivity index (χ2n) is 7.90. The average molecular weight is 391 g/mol. The molecule has 0 radical (unpaired) electrons. The maximum atomic E-state index is 12.1. The maximum Gasteiger partial charge on any atom is 0.407 e. The van der Waals surface area contributed by atoms with Gasteiger partial charge in [-0.2, -0.15) is 0 Å². The molecule has 0 spiro atoms. The molecule has 6 nitrogen and oxygen atoms in total. The number of likely N-dealkylation sites (N-methyl/N-ethyl adjacent to an activating group) is 1. The predicted molar refractivity (Wildman–Crippen MR) is 109 cm³/mol. The molecule has 4 bridgehead atoms. The number of hydrogen-bond acceptors (Lipinski definition) is 5. The van der Waals surface area contributed by atoms with Crippen LogP contribution in [0.3, 0.4) is 0 Å². The summed E-state index contributed by atoms with van der Waals surface area (Å²) in [5, 5.41) is 2.84. The monoisotopic (exact) mass is 390 g/mol. The average Bonchev–Trinajstić information content (AvgIpc) is 2.66. The van der Waals surface area contributed by atoms with Gasteiger partial charge in [0.05, 0.1) is 13.7 Å². The van der Waals surface area contributed by atoms with E-state index in [1.54, 1.807) is 7.11 Å². The predicted octanol–water partition coefficient (Wildman–Crippen LogP) is 4.24. The van der Waals surface area contributed by atoms with E-state index < -0.39 is 0 Å². The molecule has 1 aromatic carbocycles. The Bertz CT molecular complexity index is 679. The second-order valence-corrected chi connectivity index (χ2v) is 7.90. The van der Waals surface area contributed by atoms with Gasteiger partial charge in [-0.05, 0) is 44.5 Å². The fourth-order valence-corrected chi connectivity index (χ4v) is 4.40. The first kappa shape index (κ1) is 20.8. The minimum absolute atomic E-state index is 0.137. The van der Waals surface area contributed by atoms with Crippen molar-refractivity contribution >= 4 is 6.09 Å². The number of nitrogens with zero attached hydrogens (tertiary/aromatic N) is 1. The molecule has 2 heterocycles. The normalized spacial score (nSPS) is 24.8. The molecule has 0 aromatic heterocycles. The van der Waals surface area contributed by atoms with Crippen molar-refractivity contribution in [2.45, 2.75) is 64.0 Å². The number of methoxy groups -OCH3 is 1. The number of nitrogens with one attached hydrogen (secondary N) is 1. The number of rotatable bonds is 5. The van der Waals surface area contributed by atoms with Gasteiger partial charge in [0.15, 0.2) is 11.5 Å². The molecule has 3 aliphatic rings. The van der Waals surface area contributed by atoms with Crippen molar-refractivity contribution in [2.75, 3.05) is 33.9 Å². The molecule has 0 saturated carbocycles. The summed E-state index contributed by atoms with van der Waals surface area (Å²) < 4.78 is 17.4. The van der Waals surface area contributed by atoms with Gasteiger partial charge in [0.25, 0.3) is 0 Å². The fourth-order valence-electron chi connectivity index (χ4n) is 4.40. The topological polar surface area (TPSA) is 60.0 Å². The quantitative estimate of drug-likeness (QED) is 0.762. The van der Waals surface area contributed by atoms with Crippen LogP contribution in [-0.2, 0) is 4.74 Å². The van der Waals surface area contributed by atoms with E-state index in [2.05, 4.69) is 37.2 Å². The molecular weight excluding hydrogens is 356 g/mol. The zero-order valence-corrected chi connectivity index (χ0v) is 17.6. The summed E-state index contributed by atoms with van der Waals surface area (Å²) in [5.74, 6) is 2.04. The molecule has 1 amide bonds. The highest BCUT2D eigenvalue weighted by Gasteiger charge is 2.41. The zero-order chi connectivity index (χ0) is 20.1. The molecular formula is C22H34N2O4. The number of carbonyl (C=O) groups is 1. The Morgan fingerprint density at radius 1 is 1.36 bits per heavy atom. The van der Waals surface area contributed by atoms with Crippen LogP contribution in [0.2, 0.25) is 0 Å². The molecule has 1 aromatic rings. The van der Waals surface area contributed by atoms with E-state index in [4.69, 9.17) is 14.2 Å². The van der Waals surface area contributed by atoms with E-state index in [0.29, 0.717) is 31.5 Å². The standard InChI is InChI=1S/C22H34N2O4/c1-5-6-12-23-22(25)28-16-8-7-13-24(3)20-15(2)19-17(20)9-10-18(26-4)21(19)27-14-11-16/h9-10,15-16,20H,5-8,11-14H2,1-4H3,(H,23,25)/t15?,16-,20+/m0/s1. The lowest BCUT2D eigenvalue weighted by Crippen LogP contribution is -2.38. The Morgan fingerprint density at radius 3 is 2.93 bits per heavy atom. The van der Waals surface area contributed by atoms with E-state index >= 15 is 0 Å². The molecule has 156 valence electrons. The minimum atomic E-state index is -0.322. The Balaban J connectivity index is 1.71. The summed E-state index contributed by atoms with van der Waals surface area (Å²) in [7, 11) is 3.85. The number of amides is 1. The summed E-state index contributed by atoms with van der Waals surface area (Å²) in [5.41, 5.74) is 2.60. The van der Waals surface area contributed by atoms with E-state index in [0.717, 1.165) is 43.7 Å². The van der Waals surface area contributed by atoms with Gasteiger partial charge in [-0.1, -0.05) is 26.3 Å². The molecule has 0 saturated heterocycles. The number of ether oxygens (including phenoxy) is 3. The van der Waals surface area contributed by atoms with E-state index in [9.17, 15) is 4.79 Å². The number of carbonyl (C=O) groups excluding carboxylic acids is 1. The molecule has 0 fully saturated rings. The molecule has 28 heavy (non-hydrogen) atoms. The van der Waals surface area contributed by atoms with Crippen molar-refractivity contribution in [1.29, 1.82) is 0 Å². The molecule has 1 aliphatic carbocycles. The van der Waals surface area contributed by atoms with Crippen LogP contribution in [0.4, 0.5) is 4.79 Å². The zero-order valence-electron chi connectivity index (χ0n) is 17.6. The smallest absolute Gasteiger partial charge is 0.407 e. The highest BCUT2D eigenvalue weighted by Crippen LogP contribution is 2.54. The third-order valence-electron chi connectivity index (χ3n) is 5.93. The van der Waals surface area contributed by atoms with Crippen LogP contribution in [0.1, 0.15) is 69.0 Å². The Morgan fingerprint density at radius 2 is 2.18 bits per heavy atom. The lowest BCUT2D eigenvalue weighted by atomic mass is 9.72. The summed E-state index contributed by atoms with van der Waals surface area (Å²) in [6.07, 6.45) is 4.06. The molecule has 3 atom stereocenters. The van der Waals surface area contributed by atoms with Crippen molar-refractivity contribution in [3.63, 3.8) is 0 Å². The fraction of sp³-hybridized carbons (Fsp3) is 0.682. The minimum Gasteiger partial charge on any atom is -0.493 e. The van der Waals surface area contributed by atoms with Gasteiger partial charge in [-0.15, -0.1) is 0 Å². The Hall–Kier alpha value is -1.95. The first-order valence-corrected chi connectivity index (χ1v) is 10.5. The Kier molecular flexibility index (Phi) is 7.05. The highest BCUT2D eigenvalue weighted by molar-refractivity contribution is 5.67. The largest absolute Gasteiger partial charge is 0.493 e. The van der Waals surface area contributed by atoms with Gasteiger partial charge in [-0.3, -0.25) is 4.90 Å². The lowest BCUT2D eigenvalue weighted by Gasteiger charge is -2.44. The van der Waals surface area contributed by atoms with E-state index in [-0.39, 0.29) is 12.2 Å². The van der Waals surface area contributed by atoms with Gasteiger partial charge in [0.2, 0.25) is 0 Å². The van der Waals surface area contributed by atoms with Crippen LogP contribution < -0.4 is 14.8 Å².